The van der Waals surface area contributed by atoms with Crippen molar-refractivity contribution in [1.29, 1.82) is 0 Å². The van der Waals surface area contributed by atoms with Gasteiger partial charge in [0.15, 0.2) is 5.69 Å². The number of carbonyl (C=O) groups is 2. The first kappa shape index (κ1) is 19.6. The van der Waals surface area contributed by atoms with Crippen LogP contribution in [0.2, 0.25) is 0 Å². The van der Waals surface area contributed by atoms with Crippen LogP contribution in [0.15, 0.2) is 29.1 Å². The van der Waals surface area contributed by atoms with E-state index in [2.05, 4.69) is 5.10 Å². The maximum absolute atomic E-state index is 13.1. The third-order valence-corrected chi connectivity index (χ3v) is 4.02. The Bertz CT molecular complexity index is 871. The van der Waals surface area contributed by atoms with E-state index in [1.165, 1.54) is 16.7 Å². The van der Waals surface area contributed by atoms with Crippen LogP contribution in [-0.2, 0) is 16.1 Å². The van der Waals surface area contributed by atoms with Crippen molar-refractivity contribution < 1.29 is 14.3 Å². The number of carbonyl (C=O) groups excluding carboxylic acids is 2. The number of esters is 1. The van der Waals surface area contributed by atoms with Crippen LogP contribution in [0.4, 0.5) is 0 Å². The van der Waals surface area contributed by atoms with E-state index in [0.717, 1.165) is 0 Å². The lowest BCUT2D eigenvalue weighted by atomic mass is 10.1. The van der Waals surface area contributed by atoms with Gasteiger partial charge >= 0.3 is 5.97 Å². The molecule has 1 aromatic heterocycles. The molecular formula is C19H25N3O4. The molecule has 0 N–H and O–H groups in total. The number of hydrogen-bond donors (Lipinski definition) is 0. The van der Waals surface area contributed by atoms with E-state index in [9.17, 15) is 14.4 Å². The standard InChI is InChI=1S/C19H25N3O4/c1-12(2)10-22-18(24)15-9-7-6-8-14(15)17(20-22)19(25)21(13(3)4)11-16(23)26-5/h6-9,12-13H,10-11H2,1-5H3. The Labute approximate surface area is 152 Å². The van der Waals surface area contributed by atoms with Gasteiger partial charge in [0.2, 0.25) is 0 Å². The molecule has 0 aliphatic carbocycles. The van der Waals surface area contributed by atoms with Gasteiger partial charge in [0.1, 0.15) is 6.54 Å². The second-order valence-corrected chi connectivity index (χ2v) is 6.88. The summed E-state index contributed by atoms with van der Waals surface area (Å²) in [5.74, 6) is -0.716. The molecule has 0 aliphatic rings. The molecule has 0 radical (unpaired) electrons. The van der Waals surface area contributed by atoms with Gasteiger partial charge in [-0.3, -0.25) is 14.4 Å². The highest BCUT2D eigenvalue weighted by molar-refractivity contribution is 6.05. The van der Waals surface area contributed by atoms with Gasteiger partial charge in [-0.2, -0.15) is 5.10 Å². The lowest BCUT2D eigenvalue weighted by Crippen LogP contribution is -2.42. The van der Waals surface area contributed by atoms with Gasteiger partial charge in [-0.25, -0.2) is 4.68 Å². The summed E-state index contributed by atoms with van der Waals surface area (Å²) >= 11 is 0. The molecule has 2 aromatic rings. The molecule has 0 unspecified atom stereocenters. The van der Waals surface area contributed by atoms with Crippen LogP contribution in [-0.4, -0.2) is 46.3 Å². The van der Waals surface area contributed by atoms with Crippen LogP contribution in [0.5, 0.6) is 0 Å². The Hall–Kier alpha value is -2.70. The third-order valence-electron chi connectivity index (χ3n) is 4.02. The smallest absolute Gasteiger partial charge is 0.325 e. The van der Waals surface area contributed by atoms with Gasteiger partial charge in [0.25, 0.3) is 11.5 Å². The molecule has 0 saturated heterocycles. The number of aromatic nitrogens is 2. The zero-order valence-corrected chi connectivity index (χ0v) is 15.9. The van der Waals surface area contributed by atoms with Crippen molar-refractivity contribution in [3.05, 3.63) is 40.3 Å². The first-order chi connectivity index (χ1) is 12.3. The lowest BCUT2D eigenvalue weighted by Gasteiger charge is -2.25. The highest BCUT2D eigenvalue weighted by Crippen LogP contribution is 2.17. The van der Waals surface area contributed by atoms with Gasteiger partial charge in [0.05, 0.1) is 12.5 Å². The van der Waals surface area contributed by atoms with E-state index in [-0.39, 0.29) is 29.8 Å². The van der Waals surface area contributed by atoms with E-state index in [1.54, 1.807) is 24.3 Å². The highest BCUT2D eigenvalue weighted by atomic mass is 16.5. The van der Waals surface area contributed by atoms with Crippen molar-refractivity contribution in [2.75, 3.05) is 13.7 Å². The van der Waals surface area contributed by atoms with E-state index in [4.69, 9.17) is 4.74 Å². The van der Waals surface area contributed by atoms with E-state index >= 15 is 0 Å². The second-order valence-electron chi connectivity index (χ2n) is 6.88. The Morgan fingerprint density at radius 1 is 1.15 bits per heavy atom. The molecule has 7 heteroatoms. The Kier molecular flexibility index (Phi) is 6.13. The first-order valence-electron chi connectivity index (χ1n) is 8.63. The Morgan fingerprint density at radius 3 is 2.31 bits per heavy atom. The van der Waals surface area contributed by atoms with Crippen LogP contribution in [0.3, 0.4) is 0 Å². The van der Waals surface area contributed by atoms with Crippen molar-refractivity contribution in [1.82, 2.24) is 14.7 Å². The van der Waals surface area contributed by atoms with Crippen molar-refractivity contribution in [3.8, 4) is 0 Å². The third kappa shape index (κ3) is 4.09. The monoisotopic (exact) mass is 359 g/mol. The number of fused-ring (bicyclic) bond motifs is 1. The first-order valence-corrected chi connectivity index (χ1v) is 8.63. The molecule has 0 aliphatic heterocycles. The van der Waals surface area contributed by atoms with Crippen LogP contribution in [0.1, 0.15) is 38.2 Å². The molecule has 0 spiro atoms. The Morgan fingerprint density at radius 2 is 1.77 bits per heavy atom. The summed E-state index contributed by atoms with van der Waals surface area (Å²) in [6.45, 7) is 7.81. The minimum atomic E-state index is -0.508. The molecule has 1 aromatic carbocycles. The topological polar surface area (TPSA) is 81.5 Å². The minimum absolute atomic E-state index is 0.165. The van der Waals surface area contributed by atoms with Crippen molar-refractivity contribution in [2.24, 2.45) is 5.92 Å². The predicted molar refractivity (Wildman–Crippen MR) is 99.0 cm³/mol. The molecule has 1 amide bonds. The highest BCUT2D eigenvalue weighted by Gasteiger charge is 2.26. The second kappa shape index (κ2) is 8.12. The maximum atomic E-state index is 13.1. The van der Waals surface area contributed by atoms with Crippen molar-refractivity contribution in [2.45, 2.75) is 40.3 Å². The van der Waals surface area contributed by atoms with E-state index < -0.39 is 11.9 Å². The van der Waals surface area contributed by atoms with Crippen LogP contribution in [0, 0.1) is 5.92 Å². The molecule has 0 fully saturated rings. The predicted octanol–water partition coefficient (Wildman–Crippen LogP) is 2.08. The number of benzene rings is 1. The van der Waals surface area contributed by atoms with Crippen LogP contribution in [0.25, 0.3) is 10.8 Å². The average molecular weight is 359 g/mol. The van der Waals surface area contributed by atoms with E-state index in [0.29, 0.717) is 17.3 Å². The molecule has 0 saturated carbocycles. The van der Waals surface area contributed by atoms with Crippen LogP contribution < -0.4 is 5.56 Å². The summed E-state index contributed by atoms with van der Waals surface area (Å²) in [6.07, 6.45) is 0. The Balaban J connectivity index is 2.62. The number of hydrogen-bond acceptors (Lipinski definition) is 5. The van der Waals surface area contributed by atoms with Gasteiger partial charge in [-0.1, -0.05) is 32.0 Å². The average Bonchev–Trinajstić information content (AvgIpc) is 2.60. The number of rotatable bonds is 6. The summed E-state index contributed by atoms with van der Waals surface area (Å²) in [5.41, 5.74) is -0.0617. The molecule has 2 rings (SSSR count). The maximum Gasteiger partial charge on any atom is 0.325 e. The molecular weight excluding hydrogens is 334 g/mol. The molecule has 7 nitrogen and oxygen atoms in total. The molecule has 1 heterocycles. The zero-order valence-electron chi connectivity index (χ0n) is 15.9. The minimum Gasteiger partial charge on any atom is -0.468 e. The SMILES string of the molecule is COC(=O)CN(C(=O)c1nn(CC(C)C)c(=O)c2ccccc12)C(C)C. The summed E-state index contributed by atoms with van der Waals surface area (Å²) in [5, 5.41) is 5.26. The van der Waals surface area contributed by atoms with Gasteiger partial charge in [0, 0.05) is 18.0 Å². The van der Waals surface area contributed by atoms with Crippen molar-refractivity contribution in [3.63, 3.8) is 0 Å². The van der Waals surface area contributed by atoms with E-state index in [1.807, 2.05) is 27.7 Å². The summed E-state index contributed by atoms with van der Waals surface area (Å²) in [6, 6.07) is 6.67. The molecule has 26 heavy (non-hydrogen) atoms. The normalized spacial score (nSPS) is 11.2. The molecule has 0 bridgehead atoms. The molecule has 0 atom stereocenters. The fourth-order valence-electron chi connectivity index (χ4n) is 2.69. The quantitative estimate of drug-likeness (QED) is 0.738. The number of methoxy groups -OCH3 is 1. The summed E-state index contributed by atoms with van der Waals surface area (Å²) < 4.78 is 6.02. The van der Waals surface area contributed by atoms with Crippen LogP contribution >= 0.6 is 0 Å². The number of amides is 1. The summed E-state index contributed by atoms with van der Waals surface area (Å²) in [4.78, 5) is 38.9. The van der Waals surface area contributed by atoms with Gasteiger partial charge in [-0.15, -0.1) is 0 Å². The lowest BCUT2D eigenvalue weighted by molar-refractivity contribution is -0.141. The number of ether oxygens (including phenoxy) is 1. The summed E-state index contributed by atoms with van der Waals surface area (Å²) in [7, 11) is 1.28. The molecule has 140 valence electrons. The fourth-order valence-corrected chi connectivity index (χ4v) is 2.69. The van der Waals surface area contributed by atoms with Gasteiger partial charge in [-0.05, 0) is 25.8 Å². The van der Waals surface area contributed by atoms with Gasteiger partial charge < -0.3 is 9.64 Å². The van der Waals surface area contributed by atoms with Crippen molar-refractivity contribution >= 4 is 22.6 Å². The zero-order chi connectivity index (χ0) is 19.4. The largest absolute Gasteiger partial charge is 0.468 e. The number of nitrogens with zero attached hydrogens (tertiary/aromatic N) is 3. The fraction of sp³-hybridized carbons (Fsp3) is 0.474.